The van der Waals surface area contributed by atoms with Crippen molar-refractivity contribution in [2.75, 3.05) is 0 Å². The van der Waals surface area contributed by atoms with Crippen LogP contribution >= 0.6 is 0 Å². The van der Waals surface area contributed by atoms with E-state index in [1.54, 1.807) is 6.07 Å². The summed E-state index contributed by atoms with van der Waals surface area (Å²) in [6.07, 6.45) is 0.666. The van der Waals surface area contributed by atoms with Crippen molar-refractivity contribution in [3.8, 4) is 6.07 Å². The Hall–Kier alpha value is -1.82. The summed E-state index contributed by atoms with van der Waals surface area (Å²) in [6, 6.07) is 6.24. The summed E-state index contributed by atoms with van der Waals surface area (Å²) >= 11 is 0. The third kappa shape index (κ3) is 1.16. The lowest BCUT2D eigenvalue weighted by molar-refractivity contribution is 0.591. The number of rotatable bonds is 1. The molecule has 0 atom stereocenters. The summed E-state index contributed by atoms with van der Waals surface area (Å²) in [5, 5.41) is 9.48. The maximum absolute atomic E-state index is 12.9. The Kier molecular flexibility index (Phi) is 1.97. The lowest BCUT2D eigenvalue weighted by Crippen LogP contribution is -1.81. The minimum absolute atomic E-state index is 0.285. The van der Waals surface area contributed by atoms with Gasteiger partial charge < -0.3 is 4.42 Å². The van der Waals surface area contributed by atoms with Crippen LogP contribution in [0.15, 0.2) is 22.6 Å². The largest absolute Gasteiger partial charge is 0.445 e. The Morgan fingerprint density at radius 1 is 1.50 bits per heavy atom. The number of halogens is 1. The molecule has 0 bridgehead atoms. The van der Waals surface area contributed by atoms with Gasteiger partial charge in [0.05, 0.1) is 0 Å². The van der Waals surface area contributed by atoms with Gasteiger partial charge in [0.15, 0.2) is 0 Å². The highest BCUT2D eigenvalue weighted by Crippen LogP contribution is 2.26. The fraction of sp³-hybridized carbons (Fsp3) is 0.182. The van der Waals surface area contributed by atoms with Gasteiger partial charge in [-0.05, 0) is 24.6 Å². The van der Waals surface area contributed by atoms with Crippen LogP contribution in [0.2, 0.25) is 0 Å². The Morgan fingerprint density at radius 3 is 2.93 bits per heavy atom. The molecule has 0 spiro atoms. The SMILES string of the molecule is CCc1c(C#N)oc2ccc(F)cc12. The molecule has 0 radical (unpaired) electrons. The number of nitriles is 1. The van der Waals surface area contributed by atoms with Gasteiger partial charge >= 0.3 is 0 Å². The first kappa shape index (κ1) is 8.76. The van der Waals surface area contributed by atoms with Gasteiger partial charge in [-0.25, -0.2) is 4.39 Å². The smallest absolute Gasteiger partial charge is 0.207 e. The van der Waals surface area contributed by atoms with E-state index >= 15 is 0 Å². The molecule has 70 valence electrons. The molecule has 0 aliphatic heterocycles. The van der Waals surface area contributed by atoms with Gasteiger partial charge in [0, 0.05) is 10.9 Å². The number of benzene rings is 1. The molecule has 0 unspecified atom stereocenters. The molecule has 0 saturated heterocycles. The molecular formula is C11H8FNO. The summed E-state index contributed by atoms with van der Waals surface area (Å²) in [6.45, 7) is 1.91. The zero-order valence-electron chi connectivity index (χ0n) is 7.67. The molecule has 0 N–H and O–H groups in total. The van der Waals surface area contributed by atoms with Crippen molar-refractivity contribution >= 4 is 11.0 Å². The zero-order valence-corrected chi connectivity index (χ0v) is 7.67. The number of hydrogen-bond donors (Lipinski definition) is 0. The van der Waals surface area contributed by atoms with Crippen molar-refractivity contribution in [1.82, 2.24) is 0 Å². The van der Waals surface area contributed by atoms with Crippen molar-refractivity contribution in [3.63, 3.8) is 0 Å². The molecular weight excluding hydrogens is 181 g/mol. The summed E-state index contributed by atoms with van der Waals surface area (Å²) in [7, 11) is 0. The lowest BCUT2D eigenvalue weighted by Gasteiger charge is -1.91. The molecule has 0 amide bonds. The second kappa shape index (κ2) is 3.15. The summed E-state index contributed by atoms with van der Waals surface area (Å²) in [4.78, 5) is 0. The summed E-state index contributed by atoms with van der Waals surface area (Å²) in [5.74, 6) is -0.0226. The van der Waals surface area contributed by atoms with E-state index in [-0.39, 0.29) is 11.6 Å². The second-order valence-electron chi connectivity index (χ2n) is 3.02. The molecule has 1 aromatic heterocycles. The maximum atomic E-state index is 12.9. The summed E-state index contributed by atoms with van der Waals surface area (Å²) in [5.41, 5.74) is 1.35. The van der Waals surface area contributed by atoms with Crippen LogP contribution in [0.5, 0.6) is 0 Å². The Bertz CT molecular complexity index is 522. The third-order valence-electron chi connectivity index (χ3n) is 2.21. The van der Waals surface area contributed by atoms with Gasteiger partial charge in [0.25, 0.3) is 0 Å². The molecule has 2 rings (SSSR count). The highest BCUT2D eigenvalue weighted by molar-refractivity contribution is 5.83. The van der Waals surface area contributed by atoms with Gasteiger partial charge in [-0.1, -0.05) is 6.92 Å². The van der Waals surface area contributed by atoms with Gasteiger partial charge in [-0.3, -0.25) is 0 Å². The van der Waals surface area contributed by atoms with Crippen LogP contribution in [0.4, 0.5) is 4.39 Å². The average molecular weight is 189 g/mol. The molecule has 0 saturated carbocycles. The predicted molar refractivity (Wildman–Crippen MR) is 50.3 cm³/mol. The normalized spacial score (nSPS) is 10.4. The quantitative estimate of drug-likeness (QED) is 0.691. The van der Waals surface area contributed by atoms with E-state index in [1.807, 2.05) is 13.0 Å². The molecule has 2 aromatic rings. The van der Waals surface area contributed by atoms with Gasteiger partial charge in [-0.2, -0.15) is 5.26 Å². The molecule has 3 heteroatoms. The van der Waals surface area contributed by atoms with Crippen molar-refractivity contribution in [2.45, 2.75) is 13.3 Å². The van der Waals surface area contributed by atoms with Gasteiger partial charge in [-0.15, -0.1) is 0 Å². The predicted octanol–water partition coefficient (Wildman–Crippen LogP) is 3.01. The first-order chi connectivity index (χ1) is 6.76. The van der Waals surface area contributed by atoms with Crippen LogP contribution in [0, 0.1) is 17.1 Å². The molecule has 0 aliphatic rings. The highest BCUT2D eigenvalue weighted by Gasteiger charge is 2.12. The minimum atomic E-state index is -0.308. The van der Waals surface area contributed by atoms with Crippen LogP contribution in [0.3, 0.4) is 0 Å². The first-order valence-corrected chi connectivity index (χ1v) is 4.37. The summed E-state index contributed by atoms with van der Waals surface area (Å²) < 4.78 is 18.2. The van der Waals surface area contributed by atoms with Crippen LogP contribution < -0.4 is 0 Å². The van der Waals surface area contributed by atoms with Crippen LogP contribution in [0.1, 0.15) is 18.2 Å². The van der Waals surface area contributed by atoms with E-state index in [9.17, 15) is 4.39 Å². The van der Waals surface area contributed by atoms with E-state index in [4.69, 9.17) is 9.68 Å². The standard InChI is InChI=1S/C11H8FNO/c1-2-8-9-5-7(12)3-4-10(9)14-11(8)6-13/h3-5H,2H2,1H3. The van der Waals surface area contributed by atoms with Gasteiger partial charge in [0.2, 0.25) is 5.76 Å². The number of furan rings is 1. The van der Waals surface area contributed by atoms with E-state index in [1.165, 1.54) is 12.1 Å². The molecule has 0 fully saturated rings. The van der Waals surface area contributed by atoms with Crippen molar-refractivity contribution in [2.24, 2.45) is 0 Å². The van der Waals surface area contributed by atoms with E-state index in [2.05, 4.69) is 0 Å². The van der Waals surface area contributed by atoms with Crippen molar-refractivity contribution in [1.29, 1.82) is 5.26 Å². The average Bonchev–Trinajstić information content (AvgIpc) is 2.54. The van der Waals surface area contributed by atoms with Crippen LogP contribution in [-0.4, -0.2) is 0 Å². The molecule has 1 aromatic carbocycles. The second-order valence-corrected chi connectivity index (χ2v) is 3.02. The Morgan fingerprint density at radius 2 is 2.29 bits per heavy atom. The maximum Gasteiger partial charge on any atom is 0.207 e. The lowest BCUT2D eigenvalue weighted by atomic mass is 10.1. The minimum Gasteiger partial charge on any atom is -0.445 e. The third-order valence-corrected chi connectivity index (χ3v) is 2.21. The van der Waals surface area contributed by atoms with Gasteiger partial charge in [0.1, 0.15) is 17.5 Å². The fourth-order valence-electron chi connectivity index (χ4n) is 1.56. The number of aryl methyl sites for hydroxylation is 1. The van der Waals surface area contributed by atoms with E-state index in [0.29, 0.717) is 17.4 Å². The molecule has 0 aliphatic carbocycles. The highest BCUT2D eigenvalue weighted by atomic mass is 19.1. The topological polar surface area (TPSA) is 36.9 Å². The van der Waals surface area contributed by atoms with Crippen LogP contribution in [-0.2, 0) is 6.42 Å². The fourth-order valence-corrected chi connectivity index (χ4v) is 1.56. The Balaban J connectivity index is 2.83. The number of hydrogen-bond acceptors (Lipinski definition) is 2. The van der Waals surface area contributed by atoms with E-state index in [0.717, 1.165) is 5.56 Å². The van der Waals surface area contributed by atoms with Crippen molar-refractivity contribution in [3.05, 3.63) is 35.3 Å². The van der Waals surface area contributed by atoms with E-state index < -0.39 is 0 Å². The Labute approximate surface area is 80.6 Å². The molecule has 1 heterocycles. The number of fused-ring (bicyclic) bond motifs is 1. The van der Waals surface area contributed by atoms with Crippen molar-refractivity contribution < 1.29 is 8.81 Å². The molecule has 2 nitrogen and oxygen atoms in total. The first-order valence-electron chi connectivity index (χ1n) is 4.37. The molecule has 14 heavy (non-hydrogen) atoms. The monoisotopic (exact) mass is 189 g/mol. The zero-order chi connectivity index (χ0) is 10.1. The number of nitrogens with zero attached hydrogens (tertiary/aromatic N) is 1. The van der Waals surface area contributed by atoms with Crippen LogP contribution in [0.25, 0.3) is 11.0 Å².